The number of fused-ring (bicyclic) bond motifs is 1. The fourth-order valence-electron chi connectivity index (χ4n) is 5.05. The number of benzene rings is 1. The number of nitrogens with one attached hydrogen (secondary N) is 1. The number of carboxylic acid groups (broad SMARTS) is 1. The third-order valence-electron chi connectivity index (χ3n) is 7.09. The highest BCUT2D eigenvalue weighted by Crippen LogP contribution is 2.34. The number of unbranched alkanes of at least 4 members (excludes halogenated alkanes) is 1. The Balaban J connectivity index is 1.56. The first-order chi connectivity index (χ1) is 18.7. The molecule has 10 nitrogen and oxygen atoms in total. The van der Waals surface area contributed by atoms with Crippen LogP contribution in [0.15, 0.2) is 34.7 Å². The Hall–Kier alpha value is -3.19. The summed E-state index contributed by atoms with van der Waals surface area (Å²) in [6.45, 7) is 3.71. The van der Waals surface area contributed by atoms with Gasteiger partial charge in [0.1, 0.15) is 17.6 Å². The van der Waals surface area contributed by atoms with Gasteiger partial charge in [0.15, 0.2) is 0 Å². The number of halogens is 1. The molecule has 0 radical (unpaired) electrons. The number of aliphatic carboxylic acids is 1. The van der Waals surface area contributed by atoms with Gasteiger partial charge in [0.2, 0.25) is 17.0 Å². The molecule has 0 spiro atoms. The fourth-order valence-corrected chi connectivity index (χ4v) is 5.57. The number of hydrogen-bond acceptors (Lipinski definition) is 6. The number of pyridine rings is 1. The van der Waals surface area contributed by atoms with E-state index in [-0.39, 0.29) is 29.5 Å². The SMILES string of the molecule is CCc1cc2c(C(=O)NC)c(-c3ccc(F)cc3)oc2nc1CN(CCCCN1CCCC1C(=O)O)S(=O)O. The Labute approximate surface area is 228 Å². The number of carboxylic acids is 1. The molecule has 1 fully saturated rings. The first kappa shape index (κ1) is 28.8. The molecule has 4 rings (SSSR count). The van der Waals surface area contributed by atoms with Crippen LogP contribution in [0.2, 0.25) is 0 Å². The molecule has 1 aromatic carbocycles. The average Bonchev–Trinajstić information content (AvgIpc) is 3.54. The van der Waals surface area contributed by atoms with Crippen LogP contribution >= 0.6 is 0 Å². The molecule has 1 aliphatic rings. The molecule has 1 aliphatic heterocycles. The number of furan rings is 1. The van der Waals surface area contributed by atoms with Crippen LogP contribution in [-0.2, 0) is 29.0 Å². The van der Waals surface area contributed by atoms with Crippen LogP contribution in [0.1, 0.15) is 54.2 Å². The molecule has 3 heterocycles. The molecule has 0 bridgehead atoms. The predicted molar refractivity (Wildman–Crippen MR) is 145 cm³/mol. The van der Waals surface area contributed by atoms with Crippen molar-refractivity contribution >= 4 is 34.2 Å². The highest BCUT2D eigenvalue weighted by Gasteiger charge is 2.30. The van der Waals surface area contributed by atoms with Crippen molar-refractivity contribution in [1.29, 1.82) is 0 Å². The molecule has 39 heavy (non-hydrogen) atoms. The van der Waals surface area contributed by atoms with Crippen LogP contribution in [0.3, 0.4) is 0 Å². The molecule has 0 aliphatic carbocycles. The second-order valence-electron chi connectivity index (χ2n) is 9.53. The second kappa shape index (κ2) is 12.8. The Bertz CT molecular complexity index is 1360. The lowest BCUT2D eigenvalue weighted by molar-refractivity contribution is -0.142. The monoisotopic (exact) mass is 560 g/mol. The lowest BCUT2D eigenvalue weighted by atomic mass is 10.0. The van der Waals surface area contributed by atoms with E-state index in [0.717, 1.165) is 18.5 Å². The van der Waals surface area contributed by atoms with Crippen molar-refractivity contribution in [3.05, 3.63) is 53.0 Å². The number of carbonyl (C=O) groups excluding carboxylic acids is 1. The van der Waals surface area contributed by atoms with Gasteiger partial charge >= 0.3 is 5.97 Å². The number of rotatable bonds is 12. The van der Waals surface area contributed by atoms with Crippen LogP contribution in [0.25, 0.3) is 22.4 Å². The Morgan fingerprint density at radius 3 is 2.67 bits per heavy atom. The van der Waals surface area contributed by atoms with Gasteiger partial charge in [-0.15, -0.1) is 0 Å². The summed E-state index contributed by atoms with van der Waals surface area (Å²) in [5.74, 6) is -1.32. The van der Waals surface area contributed by atoms with E-state index in [2.05, 4.69) is 10.3 Å². The van der Waals surface area contributed by atoms with Crippen molar-refractivity contribution in [3.63, 3.8) is 0 Å². The number of nitrogens with zero attached hydrogens (tertiary/aromatic N) is 3. The lowest BCUT2D eigenvalue weighted by Gasteiger charge is -2.22. The zero-order chi connectivity index (χ0) is 28.1. The maximum absolute atomic E-state index is 13.5. The van der Waals surface area contributed by atoms with Crippen molar-refractivity contribution in [2.75, 3.05) is 26.7 Å². The fraction of sp³-hybridized carbons (Fsp3) is 0.444. The third kappa shape index (κ3) is 6.52. The minimum atomic E-state index is -2.25. The highest BCUT2D eigenvalue weighted by molar-refractivity contribution is 7.76. The lowest BCUT2D eigenvalue weighted by Crippen LogP contribution is -2.36. The molecule has 1 amide bonds. The molecule has 2 unspecified atom stereocenters. The molecule has 12 heteroatoms. The predicted octanol–water partition coefficient (Wildman–Crippen LogP) is 3.82. The Morgan fingerprint density at radius 1 is 1.28 bits per heavy atom. The van der Waals surface area contributed by atoms with Crippen LogP contribution in [-0.4, -0.2) is 72.7 Å². The summed E-state index contributed by atoms with van der Waals surface area (Å²) in [7, 11) is 1.51. The molecule has 1 saturated heterocycles. The van der Waals surface area contributed by atoms with Crippen molar-refractivity contribution in [1.82, 2.24) is 19.5 Å². The van der Waals surface area contributed by atoms with Gasteiger partial charge in [0.05, 0.1) is 23.2 Å². The molecule has 3 aromatic rings. The first-order valence-corrected chi connectivity index (χ1v) is 14.1. The first-order valence-electron chi connectivity index (χ1n) is 13.0. The van der Waals surface area contributed by atoms with E-state index in [1.54, 1.807) is 0 Å². The summed E-state index contributed by atoms with van der Waals surface area (Å²) in [5.41, 5.74) is 2.38. The maximum Gasteiger partial charge on any atom is 0.320 e. The normalized spacial score (nSPS) is 16.7. The number of aromatic nitrogens is 1. The van der Waals surface area contributed by atoms with E-state index in [1.165, 1.54) is 35.6 Å². The maximum atomic E-state index is 13.5. The molecule has 2 atom stereocenters. The van der Waals surface area contributed by atoms with Crippen molar-refractivity contribution in [2.45, 2.75) is 51.6 Å². The van der Waals surface area contributed by atoms with Gasteiger partial charge in [-0.1, -0.05) is 6.92 Å². The van der Waals surface area contributed by atoms with Crippen molar-refractivity contribution < 1.29 is 32.3 Å². The van der Waals surface area contributed by atoms with E-state index in [9.17, 15) is 27.8 Å². The summed E-state index contributed by atoms with van der Waals surface area (Å²) in [4.78, 5) is 30.8. The van der Waals surface area contributed by atoms with E-state index >= 15 is 0 Å². The summed E-state index contributed by atoms with van der Waals surface area (Å²) in [6, 6.07) is 6.98. The van der Waals surface area contributed by atoms with Crippen LogP contribution in [0, 0.1) is 5.82 Å². The molecular weight excluding hydrogens is 527 g/mol. The highest BCUT2D eigenvalue weighted by atomic mass is 32.2. The summed E-state index contributed by atoms with van der Waals surface area (Å²) < 4.78 is 43.1. The standard InChI is InChI=1S/C27H33FN4O6S/c1-3-17-15-20-23(25(33)29-2)24(18-8-10-19(28)11-9-18)38-26(20)30-21(17)16-32(39(36)37)14-5-4-12-31-13-6-7-22(31)27(34)35/h8-11,15,22H,3-7,12-14,16H2,1-2H3,(H,29,33)(H,34,35)(H,36,37). The average molecular weight is 561 g/mol. The topological polar surface area (TPSA) is 136 Å². The molecule has 210 valence electrons. The van der Waals surface area contributed by atoms with E-state index in [0.29, 0.717) is 55.4 Å². The molecule has 2 aromatic heterocycles. The summed E-state index contributed by atoms with van der Waals surface area (Å²) >= 11 is -2.25. The smallest absolute Gasteiger partial charge is 0.320 e. The third-order valence-corrected chi connectivity index (χ3v) is 7.84. The summed E-state index contributed by atoms with van der Waals surface area (Å²) in [5, 5.41) is 12.5. The van der Waals surface area contributed by atoms with E-state index < -0.39 is 29.1 Å². The molecular formula is C27H33FN4O6S. The van der Waals surface area contributed by atoms with Gasteiger partial charge < -0.3 is 14.8 Å². The van der Waals surface area contributed by atoms with E-state index in [4.69, 9.17) is 4.42 Å². The van der Waals surface area contributed by atoms with Gasteiger partial charge in [-0.3, -0.25) is 19.0 Å². The van der Waals surface area contributed by atoms with Gasteiger partial charge in [-0.05, 0) is 81.1 Å². The number of likely N-dealkylation sites (tertiary alicyclic amines) is 1. The largest absolute Gasteiger partial charge is 0.480 e. The van der Waals surface area contributed by atoms with Crippen LogP contribution in [0.5, 0.6) is 0 Å². The zero-order valence-corrected chi connectivity index (χ0v) is 22.8. The number of carbonyl (C=O) groups is 2. The Morgan fingerprint density at radius 2 is 2.03 bits per heavy atom. The van der Waals surface area contributed by atoms with Gasteiger partial charge in [0.25, 0.3) is 5.91 Å². The second-order valence-corrected chi connectivity index (χ2v) is 10.5. The minimum absolute atomic E-state index is 0.0889. The number of amides is 1. The minimum Gasteiger partial charge on any atom is -0.480 e. The molecule has 0 saturated carbocycles. The van der Waals surface area contributed by atoms with Gasteiger partial charge in [0, 0.05) is 19.2 Å². The van der Waals surface area contributed by atoms with E-state index in [1.807, 2.05) is 17.9 Å². The number of hydrogen-bond donors (Lipinski definition) is 3. The van der Waals surface area contributed by atoms with Crippen molar-refractivity contribution in [2.24, 2.45) is 0 Å². The van der Waals surface area contributed by atoms with Gasteiger partial charge in [-0.25, -0.2) is 13.6 Å². The van der Waals surface area contributed by atoms with Crippen LogP contribution < -0.4 is 5.32 Å². The quantitative estimate of drug-likeness (QED) is 0.225. The zero-order valence-electron chi connectivity index (χ0n) is 22.0. The summed E-state index contributed by atoms with van der Waals surface area (Å²) in [6.07, 6.45) is 3.37. The number of aryl methyl sites for hydroxylation is 1. The Kier molecular flexibility index (Phi) is 9.44. The van der Waals surface area contributed by atoms with Crippen molar-refractivity contribution in [3.8, 4) is 11.3 Å². The van der Waals surface area contributed by atoms with Crippen LogP contribution in [0.4, 0.5) is 4.39 Å². The van der Waals surface area contributed by atoms with Gasteiger partial charge in [-0.2, -0.15) is 4.31 Å². The molecule has 3 N–H and O–H groups in total.